The quantitative estimate of drug-likeness (QED) is 0.818. The van der Waals surface area contributed by atoms with E-state index in [1.165, 1.54) is 0 Å². The largest absolute Gasteiger partial charge is 0.463 e. The van der Waals surface area contributed by atoms with E-state index in [1.807, 2.05) is 19.1 Å². The van der Waals surface area contributed by atoms with E-state index in [9.17, 15) is 4.79 Å². The Bertz CT molecular complexity index is 356. The minimum absolute atomic E-state index is 0.205. The molecule has 1 N–H and O–H groups in total. The average molecular weight is 224 g/mol. The molecule has 1 aliphatic heterocycles. The van der Waals surface area contributed by atoms with Crippen LogP contribution in [0.15, 0.2) is 16.5 Å². The molecule has 88 valence electrons. The highest BCUT2D eigenvalue weighted by atomic mass is 16.6. The molecule has 0 bridgehead atoms. The van der Waals surface area contributed by atoms with Crippen LogP contribution < -0.4 is 5.32 Å². The van der Waals surface area contributed by atoms with E-state index in [2.05, 4.69) is 5.32 Å². The van der Waals surface area contributed by atoms with Crippen LogP contribution >= 0.6 is 0 Å². The van der Waals surface area contributed by atoms with E-state index < -0.39 is 0 Å². The SMILES string of the molecule is Cc1ccc(COC(=O)N2CCNCC2)o1. The molecule has 1 saturated heterocycles. The molecular weight excluding hydrogens is 208 g/mol. The van der Waals surface area contributed by atoms with Crippen molar-refractivity contribution in [3.05, 3.63) is 23.7 Å². The van der Waals surface area contributed by atoms with Gasteiger partial charge in [-0.3, -0.25) is 0 Å². The number of aryl methyl sites for hydroxylation is 1. The van der Waals surface area contributed by atoms with Crippen molar-refractivity contribution in [1.82, 2.24) is 10.2 Å². The van der Waals surface area contributed by atoms with Gasteiger partial charge in [-0.25, -0.2) is 4.79 Å². The van der Waals surface area contributed by atoms with Gasteiger partial charge in [0.2, 0.25) is 0 Å². The molecule has 0 saturated carbocycles. The lowest BCUT2D eigenvalue weighted by Gasteiger charge is -2.26. The zero-order valence-corrected chi connectivity index (χ0v) is 9.36. The molecule has 0 radical (unpaired) electrons. The van der Waals surface area contributed by atoms with Gasteiger partial charge in [0.25, 0.3) is 0 Å². The van der Waals surface area contributed by atoms with E-state index in [-0.39, 0.29) is 12.7 Å². The van der Waals surface area contributed by atoms with Crippen LogP contribution in [-0.4, -0.2) is 37.2 Å². The van der Waals surface area contributed by atoms with Gasteiger partial charge in [0.05, 0.1) is 0 Å². The average Bonchev–Trinajstić information content (AvgIpc) is 2.73. The van der Waals surface area contributed by atoms with Crippen molar-refractivity contribution in [2.45, 2.75) is 13.5 Å². The van der Waals surface area contributed by atoms with Crippen LogP contribution in [0.2, 0.25) is 0 Å². The van der Waals surface area contributed by atoms with Gasteiger partial charge in [-0.05, 0) is 19.1 Å². The van der Waals surface area contributed by atoms with Crippen LogP contribution in [0.5, 0.6) is 0 Å². The number of rotatable bonds is 2. The number of carbonyl (C=O) groups is 1. The summed E-state index contributed by atoms with van der Waals surface area (Å²) in [5, 5.41) is 3.18. The maximum atomic E-state index is 11.6. The van der Waals surface area contributed by atoms with Crippen LogP contribution in [-0.2, 0) is 11.3 Å². The number of furan rings is 1. The molecular formula is C11H16N2O3. The van der Waals surface area contributed by atoms with Crippen LogP contribution in [0.1, 0.15) is 11.5 Å². The van der Waals surface area contributed by atoms with Crippen LogP contribution in [0.4, 0.5) is 4.79 Å². The fourth-order valence-electron chi connectivity index (χ4n) is 1.63. The summed E-state index contributed by atoms with van der Waals surface area (Å²) in [6, 6.07) is 3.67. The van der Waals surface area contributed by atoms with Crippen LogP contribution in [0.3, 0.4) is 0 Å². The normalized spacial score (nSPS) is 16.2. The number of nitrogens with zero attached hydrogens (tertiary/aromatic N) is 1. The van der Waals surface area contributed by atoms with Crippen LogP contribution in [0, 0.1) is 6.92 Å². The standard InChI is InChI=1S/C11H16N2O3/c1-9-2-3-10(16-9)8-15-11(14)13-6-4-12-5-7-13/h2-3,12H,4-8H2,1H3. The summed E-state index contributed by atoms with van der Waals surface area (Å²) in [5.74, 6) is 1.51. The van der Waals surface area contributed by atoms with Gasteiger partial charge in [-0.15, -0.1) is 0 Å². The number of ether oxygens (including phenoxy) is 1. The van der Waals surface area contributed by atoms with Gasteiger partial charge < -0.3 is 19.4 Å². The lowest BCUT2D eigenvalue weighted by Crippen LogP contribution is -2.46. The second-order valence-corrected chi connectivity index (χ2v) is 3.80. The summed E-state index contributed by atoms with van der Waals surface area (Å²) in [6.07, 6.45) is -0.268. The Hall–Kier alpha value is -1.49. The molecule has 5 heteroatoms. The number of piperazine rings is 1. The Morgan fingerprint density at radius 1 is 1.50 bits per heavy atom. The summed E-state index contributed by atoms with van der Waals surface area (Å²) in [4.78, 5) is 13.3. The number of nitrogens with one attached hydrogen (secondary N) is 1. The Labute approximate surface area is 94.4 Å². The van der Waals surface area contributed by atoms with Gasteiger partial charge in [0.1, 0.15) is 11.5 Å². The molecule has 1 aromatic heterocycles. The summed E-state index contributed by atoms with van der Waals surface area (Å²) >= 11 is 0. The fraction of sp³-hybridized carbons (Fsp3) is 0.545. The van der Waals surface area contributed by atoms with Crippen molar-refractivity contribution in [1.29, 1.82) is 0 Å². The lowest BCUT2D eigenvalue weighted by atomic mass is 10.4. The zero-order valence-electron chi connectivity index (χ0n) is 9.36. The second-order valence-electron chi connectivity index (χ2n) is 3.80. The maximum Gasteiger partial charge on any atom is 0.410 e. The second kappa shape index (κ2) is 5.03. The summed E-state index contributed by atoms with van der Waals surface area (Å²) in [5.41, 5.74) is 0. The van der Waals surface area contributed by atoms with E-state index >= 15 is 0 Å². The molecule has 5 nitrogen and oxygen atoms in total. The van der Waals surface area contributed by atoms with Gasteiger partial charge in [0.15, 0.2) is 6.61 Å². The molecule has 1 amide bonds. The number of amides is 1. The highest BCUT2D eigenvalue weighted by Gasteiger charge is 2.17. The molecule has 1 fully saturated rings. The molecule has 0 spiro atoms. The van der Waals surface area contributed by atoms with Crippen molar-refractivity contribution in [3.63, 3.8) is 0 Å². The highest BCUT2D eigenvalue weighted by molar-refractivity contribution is 5.67. The van der Waals surface area contributed by atoms with Crippen molar-refractivity contribution in [2.75, 3.05) is 26.2 Å². The first-order chi connectivity index (χ1) is 7.75. The topological polar surface area (TPSA) is 54.7 Å². The molecule has 1 aliphatic rings. The number of hydrogen-bond acceptors (Lipinski definition) is 4. The first-order valence-corrected chi connectivity index (χ1v) is 5.43. The molecule has 2 rings (SSSR count). The Morgan fingerprint density at radius 3 is 2.88 bits per heavy atom. The third-order valence-electron chi connectivity index (χ3n) is 2.51. The zero-order chi connectivity index (χ0) is 11.4. The third kappa shape index (κ3) is 2.76. The van der Waals surface area contributed by atoms with Crippen molar-refractivity contribution >= 4 is 6.09 Å². The van der Waals surface area contributed by atoms with Crippen molar-refractivity contribution < 1.29 is 13.9 Å². The van der Waals surface area contributed by atoms with E-state index in [4.69, 9.17) is 9.15 Å². The monoisotopic (exact) mass is 224 g/mol. The summed E-state index contributed by atoms with van der Waals surface area (Å²) < 4.78 is 10.5. The van der Waals surface area contributed by atoms with Crippen molar-refractivity contribution in [2.24, 2.45) is 0 Å². The van der Waals surface area contributed by atoms with Gasteiger partial charge in [-0.2, -0.15) is 0 Å². The summed E-state index contributed by atoms with van der Waals surface area (Å²) in [7, 11) is 0. The lowest BCUT2D eigenvalue weighted by molar-refractivity contribution is 0.0857. The van der Waals surface area contributed by atoms with Crippen LogP contribution in [0.25, 0.3) is 0 Å². The van der Waals surface area contributed by atoms with Gasteiger partial charge >= 0.3 is 6.09 Å². The molecule has 0 unspecified atom stereocenters. The Kier molecular flexibility index (Phi) is 3.46. The number of carbonyl (C=O) groups excluding carboxylic acids is 1. The fourth-order valence-corrected chi connectivity index (χ4v) is 1.63. The molecule has 0 aromatic carbocycles. The highest BCUT2D eigenvalue weighted by Crippen LogP contribution is 2.08. The minimum atomic E-state index is -0.268. The van der Waals surface area contributed by atoms with Crippen molar-refractivity contribution in [3.8, 4) is 0 Å². The first-order valence-electron chi connectivity index (χ1n) is 5.43. The number of hydrogen-bond donors (Lipinski definition) is 1. The molecule has 0 aliphatic carbocycles. The Morgan fingerprint density at radius 2 is 2.25 bits per heavy atom. The summed E-state index contributed by atoms with van der Waals surface area (Å²) in [6.45, 7) is 5.13. The maximum absolute atomic E-state index is 11.6. The Balaban J connectivity index is 1.78. The van der Waals surface area contributed by atoms with Gasteiger partial charge in [0, 0.05) is 26.2 Å². The van der Waals surface area contributed by atoms with E-state index in [0.717, 1.165) is 18.8 Å². The smallest absolute Gasteiger partial charge is 0.410 e. The van der Waals surface area contributed by atoms with Gasteiger partial charge in [-0.1, -0.05) is 0 Å². The van der Waals surface area contributed by atoms with E-state index in [1.54, 1.807) is 4.90 Å². The molecule has 16 heavy (non-hydrogen) atoms. The molecule has 2 heterocycles. The first kappa shape index (κ1) is 11.0. The molecule has 0 atom stereocenters. The predicted octanol–water partition coefficient (Wildman–Crippen LogP) is 1.13. The van der Waals surface area contributed by atoms with E-state index in [0.29, 0.717) is 18.8 Å². The molecule has 1 aromatic rings. The minimum Gasteiger partial charge on any atom is -0.463 e. The third-order valence-corrected chi connectivity index (χ3v) is 2.51. The predicted molar refractivity (Wildman–Crippen MR) is 58.1 cm³/mol.